The molecule has 1 unspecified atom stereocenters. The Labute approximate surface area is 169 Å². The number of carbonyl (C=O) groups excluding carboxylic acids is 1. The van der Waals surface area contributed by atoms with Gasteiger partial charge in [0.05, 0.1) is 12.1 Å². The van der Waals surface area contributed by atoms with E-state index in [0.29, 0.717) is 25.7 Å². The van der Waals surface area contributed by atoms with E-state index in [1.807, 2.05) is 11.4 Å². The Morgan fingerprint density at radius 3 is 2.23 bits per heavy atom. The molecule has 1 aromatic carbocycles. The van der Waals surface area contributed by atoms with Crippen molar-refractivity contribution < 1.29 is 31.1 Å². The molecule has 4 nitrogen and oxygen atoms in total. The highest BCUT2D eigenvalue weighted by molar-refractivity contribution is 5.83. The molecule has 0 aliphatic heterocycles. The van der Waals surface area contributed by atoms with Gasteiger partial charge in [-0.25, -0.2) is 13.2 Å². The summed E-state index contributed by atoms with van der Waals surface area (Å²) in [7, 11) is 0. The molecule has 2 atom stereocenters. The minimum atomic E-state index is -4.92. The minimum Gasteiger partial charge on any atom is -0.336 e. The monoisotopic (exact) mass is 433 g/mol. The van der Waals surface area contributed by atoms with Crippen molar-refractivity contribution in [3.63, 3.8) is 0 Å². The van der Waals surface area contributed by atoms with Gasteiger partial charge in [-0.1, -0.05) is 12.1 Å². The van der Waals surface area contributed by atoms with Crippen molar-refractivity contribution in [2.24, 2.45) is 5.92 Å². The number of nitrogens with one attached hydrogen (secondary N) is 2. The van der Waals surface area contributed by atoms with Crippen LogP contribution in [0, 0.1) is 23.1 Å². The Hall–Kier alpha value is -2.28. The molecule has 2 fully saturated rings. The molecule has 1 aromatic rings. The number of halogens is 6. The van der Waals surface area contributed by atoms with Crippen LogP contribution in [0.4, 0.5) is 26.3 Å². The van der Waals surface area contributed by atoms with Gasteiger partial charge in [0.15, 0.2) is 0 Å². The van der Waals surface area contributed by atoms with Gasteiger partial charge in [0.2, 0.25) is 11.8 Å². The lowest BCUT2D eigenvalue weighted by Gasteiger charge is -2.30. The Balaban J connectivity index is 1.83. The van der Waals surface area contributed by atoms with E-state index in [1.165, 1.54) is 0 Å². The second-order valence-electron chi connectivity index (χ2n) is 8.14. The van der Waals surface area contributed by atoms with Crippen molar-refractivity contribution in [1.29, 1.82) is 5.26 Å². The molecule has 0 aromatic heterocycles. The first kappa shape index (κ1) is 22.4. The van der Waals surface area contributed by atoms with Crippen molar-refractivity contribution in [3.05, 3.63) is 35.6 Å². The van der Waals surface area contributed by atoms with Gasteiger partial charge in [-0.05, 0) is 49.3 Å². The maximum Gasteiger partial charge on any atom is 0.407 e. The number of hydrogen-bond acceptors (Lipinski definition) is 3. The summed E-state index contributed by atoms with van der Waals surface area (Å²) in [6.45, 7) is 0. The fraction of sp³-hybridized carbons (Fsp3) is 0.600. The molecule has 10 heteroatoms. The first-order valence-electron chi connectivity index (χ1n) is 9.62. The average molecular weight is 433 g/mol. The van der Waals surface area contributed by atoms with E-state index >= 15 is 0 Å². The Morgan fingerprint density at radius 1 is 1.17 bits per heavy atom. The second kappa shape index (κ2) is 8.10. The molecule has 2 aliphatic rings. The first-order chi connectivity index (χ1) is 13.9. The topological polar surface area (TPSA) is 64.9 Å². The predicted octanol–water partition coefficient (Wildman–Crippen LogP) is 4.39. The molecule has 3 rings (SSSR count). The Kier molecular flexibility index (Phi) is 6.05. The zero-order chi connectivity index (χ0) is 22.2. The van der Waals surface area contributed by atoms with Gasteiger partial charge in [-0.3, -0.25) is 10.1 Å². The second-order valence-corrected chi connectivity index (χ2v) is 8.14. The maximum atomic E-state index is 14.4. The highest BCUT2D eigenvalue weighted by Crippen LogP contribution is 2.42. The van der Waals surface area contributed by atoms with Crippen molar-refractivity contribution >= 4 is 5.91 Å². The molecule has 30 heavy (non-hydrogen) atoms. The molecule has 0 radical (unpaired) electrons. The summed E-state index contributed by atoms with van der Waals surface area (Å²) in [6, 6.07) is 0.921. The molecule has 0 bridgehead atoms. The van der Waals surface area contributed by atoms with E-state index in [2.05, 4.69) is 5.32 Å². The van der Waals surface area contributed by atoms with Crippen LogP contribution in [0.2, 0.25) is 0 Å². The van der Waals surface area contributed by atoms with Crippen LogP contribution in [0.5, 0.6) is 0 Å². The smallest absolute Gasteiger partial charge is 0.336 e. The van der Waals surface area contributed by atoms with Crippen molar-refractivity contribution in [2.75, 3.05) is 0 Å². The van der Waals surface area contributed by atoms with Crippen LogP contribution in [-0.4, -0.2) is 29.6 Å². The molecule has 2 saturated carbocycles. The van der Waals surface area contributed by atoms with Gasteiger partial charge < -0.3 is 5.32 Å². The number of alkyl halides is 5. The van der Waals surface area contributed by atoms with Gasteiger partial charge in [-0.2, -0.15) is 18.4 Å². The van der Waals surface area contributed by atoms with Gasteiger partial charge in [-0.15, -0.1) is 0 Å². The minimum absolute atomic E-state index is 0.201. The van der Waals surface area contributed by atoms with E-state index in [4.69, 9.17) is 5.26 Å². The fourth-order valence-electron chi connectivity index (χ4n) is 3.30. The Morgan fingerprint density at radius 2 is 1.77 bits per heavy atom. The number of carbonyl (C=O) groups is 1. The lowest BCUT2D eigenvalue weighted by molar-refractivity contribution is -0.163. The number of rotatable bonds is 9. The highest BCUT2D eigenvalue weighted by Gasteiger charge is 2.49. The number of nitriles is 1. The van der Waals surface area contributed by atoms with Gasteiger partial charge >= 0.3 is 6.18 Å². The van der Waals surface area contributed by atoms with E-state index in [-0.39, 0.29) is 5.92 Å². The molecule has 0 spiro atoms. The van der Waals surface area contributed by atoms with Gasteiger partial charge in [0, 0.05) is 12.8 Å². The molecular formula is C20H21F6N3O. The molecule has 2 N–H and O–H groups in total. The number of hydrogen-bond donors (Lipinski definition) is 2. The van der Waals surface area contributed by atoms with Crippen molar-refractivity contribution in [3.8, 4) is 6.07 Å². The highest BCUT2D eigenvalue weighted by atomic mass is 19.4. The quantitative estimate of drug-likeness (QED) is 0.568. The zero-order valence-electron chi connectivity index (χ0n) is 15.9. The normalized spacial score (nSPS) is 20.2. The number of amides is 1. The lowest BCUT2D eigenvalue weighted by atomic mass is 9.99. The van der Waals surface area contributed by atoms with E-state index in [1.54, 1.807) is 0 Å². The lowest BCUT2D eigenvalue weighted by Crippen LogP contribution is -2.53. The van der Waals surface area contributed by atoms with Crippen LogP contribution in [0.3, 0.4) is 0 Å². The molecule has 164 valence electrons. The van der Waals surface area contributed by atoms with Crippen LogP contribution in [0.1, 0.15) is 50.1 Å². The summed E-state index contributed by atoms with van der Waals surface area (Å²) < 4.78 is 83.0. The average Bonchev–Trinajstić information content (AvgIpc) is 3.56. The third kappa shape index (κ3) is 5.88. The van der Waals surface area contributed by atoms with Crippen LogP contribution < -0.4 is 10.6 Å². The van der Waals surface area contributed by atoms with Crippen molar-refractivity contribution in [1.82, 2.24) is 10.6 Å². The van der Waals surface area contributed by atoms with Gasteiger partial charge in [0.1, 0.15) is 17.4 Å². The van der Waals surface area contributed by atoms with E-state index in [0.717, 1.165) is 24.3 Å². The summed E-state index contributed by atoms with van der Waals surface area (Å²) in [6.07, 6.45) is -4.70. The van der Waals surface area contributed by atoms with Crippen LogP contribution >= 0.6 is 0 Å². The third-order valence-corrected chi connectivity index (χ3v) is 5.33. The maximum absolute atomic E-state index is 14.4. The van der Waals surface area contributed by atoms with E-state index in [9.17, 15) is 31.1 Å². The summed E-state index contributed by atoms with van der Waals surface area (Å²) >= 11 is 0. The fourth-order valence-corrected chi connectivity index (χ4v) is 3.30. The van der Waals surface area contributed by atoms with E-state index < -0.39 is 59.9 Å². The number of benzene rings is 1. The molecule has 1 amide bonds. The first-order valence-corrected chi connectivity index (χ1v) is 9.62. The standard InChI is InChI=1S/C20H21F6N3O/c21-14-5-3-13(4-6-14)16(20(24,25)26)28-15(10-19(22,23)9-12-1-2-12)17(30)29-18(11-27)7-8-18/h3-6,12,15-16,28H,1-2,7-10H2,(H,29,30)/t15?,16-/m0/s1. The summed E-state index contributed by atoms with van der Waals surface area (Å²) in [5.41, 5.74) is -1.62. The Bertz CT molecular complexity index is 809. The third-order valence-electron chi connectivity index (χ3n) is 5.33. The van der Waals surface area contributed by atoms with Crippen molar-refractivity contribution in [2.45, 2.75) is 68.2 Å². The molecular weight excluding hydrogens is 412 g/mol. The number of nitrogens with zero attached hydrogens (tertiary/aromatic N) is 1. The van der Waals surface area contributed by atoms with Crippen LogP contribution in [-0.2, 0) is 4.79 Å². The molecule has 2 aliphatic carbocycles. The van der Waals surface area contributed by atoms with Gasteiger partial charge in [0.25, 0.3) is 0 Å². The molecule has 0 saturated heterocycles. The summed E-state index contributed by atoms with van der Waals surface area (Å²) in [5.74, 6) is -5.39. The summed E-state index contributed by atoms with van der Waals surface area (Å²) in [5, 5.41) is 13.4. The predicted molar refractivity (Wildman–Crippen MR) is 94.7 cm³/mol. The molecule has 0 heterocycles. The van der Waals surface area contributed by atoms with Crippen LogP contribution in [0.25, 0.3) is 0 Å². The SMILES string of the molecule is N#CC1(NC(=O)C(CC(F)(F)CC2CC2)N[C@@H](c2ccc(F)cc2)C(F)(F)F)CC1. The van der Waals surface area contributed by atoms with Crippen LogP contribution in [0.15, 0.2) is 24.3 Å². The largest absolute Gasteiger partial charge is 0.407 e. The zero-order valence-corrected chi connectivity index (χ0v) is 15.9. The summed E-state index contributed by atoms with van der Waals surface area (Å²) in [4.78, 5) is 12.6.